The van der Waals surface area contributed by atoms with Crippen LogP contribution in [0.15, 0.2) is 24.3 Å². The van der Waals surface area contributed by atoms with E-state index in [1.54, 1.807) is 31.3 Å². The first-order valence-electron chi connectivity index (χ1n) is 6.49. The second kappa shape index (κ2) is 7.06. The number of nitrogens with two attached hydrogens (primary N) is 1. The van der Waals surface area contributed by atoms with E-state index in [1.807, 2.05) is 20.8 Å². The fraction of sp³-hybridized carbons (Fsp3) is 0.429. The Kier molecular flexibility index (Phi) is 5.95. The second-order valence-corrected chi connectivity index (χ2v) is 6.53. The number of likely N-dealkylation sites (N-methyl/N-ethyl adjacent to an activating group) is 1. The average molecular weight is 329 g/mol. The molecule has 21 heavy (non-hydrogen) atoms. The van der Waals surface area contributed by atoms with Gasteiger partial charge < -0.3 is 10.6 Å². The van der Waals surface area contributed by atoms with Crippen molar-refractivity contribution in [1.82, 2.24) is 10.6 Å². The Morgan fingerprint density at radius 1 is 1.33 bits per heavy atom. The quantitative estimate of drug-likeness (QED) is 0.450. The van der Waals surface area contributed by atoms with Crippen molar-refractivity contribution in [1.29, 1.82) is 0 Å². The van der Waals surface area contributed by atoms with Crippen LogP contribution in [0, 0.1) is 5.41 Å². The predicted octanol–water partition coefficient (Wildman–Crippen LogP) is 2.06. The van der Waals surface area contributed by atoms with Gasteiger partial charge in [0, 0.05) is 12.1 Å². The number of hydrazine groups is 1. The first kappa shape index (κ1) is 17.7. The van der Waals surface area contributed by atoms with Crippen molar-refractivity contribution in [2.24, 2.45) is 11.3 Å². The van der Waals surface area contributed by atoms with Crippen molar-refractivity contribution < 1.29 is 4.79 Å². The third-order valence-corrected chi connectivity index (χ3v) is 3.53. The molecule has 0 heterocycles. The number of nitrogens with one attached hydrogen (secondary N) is 2. The molecule has 0 saturated carbocycles. The van der Waals surface area contributed by atoms with Gasteiger partial charge in [0.15, 0.2) is 5.11 Å². The molecule has 1 aromatic rings. The Morgan fingerprint density at radius 3 is 2.29 bits per heavy atom. The van der Waals surface area contributed by atoms with E-state index in [9.17, 15) is 4.79 Å². The topological polar surface area (TPSA) is 70.4 Å². The molecular weight excluding hydrogens is 308 g/mol. The molecule has 1 aromatic carbocycles. The smallest absolute Gasteiger partial charge is 0.242 e. The highest BCUT2D eigenvalue weighted by Crippen LogP contribution is 2.21. The summed E-state index contributed by atoms with van der Waals surface area (Å²) in [5.41, 5.74) is 0.367. The van der Waals surface area contributed by atoms with E-state index in [4.69, 9.17) is 29.7 Å². The maximum atomic E-state index is 12.0. The van der Waals surface area contributed by atoms with Gasteiger partial charge in [0.25, 0.3) is 0 Å². The van der Waals surface area contributed by atoms with Gasteiger partial charge in [0.2, 0.25) is 5.91 Å². The summed E-state index contributed by atoms with van der Waals surface area (Å²) in [7, 11) is 1.59. The van der Waals surface area contributed by atoms with Crippen LogP contribution in [0.25, 0.3) is 0 Å². The minimum Gasteiger partial charge on any atom is -0.357 e. The van der Waals surface area contributed by atoms with Gasteiger partial charge in [-0.15, -0.1) is 0 Å². The number of halogens is 1. The molecule has 0 saturated heterocycles. The second-order valence-electron chi connectivity index (χ2n) is 5.71. The minimum atomic E-state index is -0.492. The Balaban J connectivity index is 2.86. The number of carbonyl (C=O) groups excluding carboxylic acids is 1. The largest absolute Gasteiger partial charge is 0.357 e. The summed E-state index contributed by atoms with van der Waals surface area (Å²) >= 11 is 11.1. The molecule has 0 aliphatic rings. The van der Waals surface area contributed by atoms with Crippen molar-refractivity contribution in [2.45, 2.75) is 26.8 Å². The number of nitrogens with zero attached hydrogens (tertiary/aromatic N) is 1. The van der Waals surface area contributed by atoms with E-state index in [0.29, 0.717) is 10.7 Å². The molecule has 0 radical (unpaired) electrons. The van der Waals surface area contributed by atoms with Crippen molar-refractivity contribution in [3.8, 4) is 0 Å². The summed E-state index contributed by atoms with van der Waals surface area (Å²) in [5, 5.41) is 7.83. The van der Waals surface area contributed by atoms with E-state index >= 15 is 0 Å². The number of carbonyl (C=O) groups is 1. The van der Waals surface area contributed by atoms with Crippen molar-refractivity contribution in [2.75, 3.05) is 12.1 Å². The summed E-state index contributed by atoms with van der Waals surface area (Å²) in [4.78, 5) is 12.0. The minimum absolute atomic E-state index is 0.144. The molecule has 1 unspecified atom stereocenters. The van der Waals surface area contributed by atoms with E-state index in [1.165, 1.54) is 5.01 Å². The van der Waals surface area contributed by atoms with Gasteiger partial charge in [-0.1, -0.05) is 32.4 Å². The SMILES string of the molecule is CNC(=O)C(NC(=S)N(N)c1ccc(Cl)cc1)C(C)(C)C. The molecule has 4 N–H and O–H groups in total. The van der Waals surface area contributed by atoms with E-state index in [2.05, 4.69) is 10.6 Å². The van der Waals surface area contributed by atoms with Crippen LogP contribution in [0.4, 0.5) is 5.69 Å². The third kappa shape index (κ3) is 4.84. The summed E-state index contributed by atoms with van der Waals surface area (Å²) in [5.74, 6) is 5.83. The molecule has 0 aromatic heterocycles. The van der Waals surface area contributed by atoms with Crippen molar-refractivity contribution in [3.63, 3.8) is 0 Å². The van der Waals surface area contributed by atoms with Crippen LogP contribution >= 0.6 is 23.8 Å². The Morgan fingerprint density at radius 2 is 1.86 bits per heavy atom. The Labute approximate surface area is 135 Å². The number of hydrogen-bond acceptors (Lipinski definition) is 3. The lowest BCUT2D eigenvalue weighted by Crippen LogP contribution is -2.57. The lowest BCUT2D eigenvalue weighted by Gasteiger charge is -2.32. The maximum Gasteiger partial charge on any atom is 0.242 e. The number of benzene rings is 1. The molecule has 1 atom stereocenters. The number of amides is 1. The Bertz CT molecular complexity index is 513. The zero-order valence-corrected chi connectivity index (χ0v) is 14.2. The first-order valence-corrected chi connectivity index (χ1v) is 7.28. The van der Waals surface area contributed by atoms with Gasteiger partial charge in [-0.3, -0.25) is 9.80 Å². The van der Waals surface area contributed by atoms with Crippen LogP contribution in [0.5, 0.6) is 0 Å². The van der Waals surface area contributed by atoms with Gasteiger partial charge in [-0.05, 0) is 41.9 Å². The standard InChI is InChI=1S/C14H21ClN4OS/c1-14(2,3)11(12(20)17-4)18-13(21)19(16)10-7-5-9(15)6-8-10/h5-8,11H,16H2,1-4H3,(H,17,20)(H,18,21). The van der Waals surface area contributed by atoms with E-state index < -0.39 is 6.04 Å². The fourth-order valence-electron chi connectivity index (χ4n) is 1.73. The van der Waals surface area contributed by atoms with Gasteiger partial charge in [-0.2, -0.15) is 0 Å². The van der Waals surface area contributed by atoms with Crippen LogP contribution in [-0.2, 0) is 4.79 Å². The lowest BCUT2D eigenvalue weighted by atomic mass is 9.86. The van der Waals surface area contributed by atoms with E-state index in [0.717, 1.165) is 0 Å². The fourth-order valence-corrected chi connectivity index (χ4v) is 2.08. The predicted molar refractivity (Wildman–Crippen MR) is 91.2 cm³/mol. The molecular formula is C14H21ClN4OS. The molecule has 0 bridgehead atoms. The zero-order chi connectivity index (χ0) is 16.2. The Hall–Kier alpha value is -1.37. The normalized spacial score (nSPS) is 12.5. The molecule has 1 amide bonds. The number of anilines is 1. The number of hydrogen-bond donors (Lipinski definition) is 3. The van der Waals surface area contributed by atoms with E-state index in [-0.39, 0.29) is 16.4 Å². The molecule has 0 aliphatic carbocycles. The van der Waals surface area contributed by atoms with Crippen LogP contribution in [-0.4, -0.2) is 24.1 Å². The molecule has 1 rings (SSSR count). The summed E-state index contributed by atoms with van der Waals surface area (Å²) in [6.45, 7) is 5.85. The van der Waals surface area contributed by atoms with Gasteiger partial charge >= 0.3 is 0 Å². The summed E-state index contributed by atoms with van der Waals surface area (Å²) in [6, 6.07) is 6.46. The van der Waals surface area contributed by atoms with Crippen molar-refractivity contribution in [3.05, 3.63) is 29.3 Å². The van der Waals surface area contributed by atoms with Gasteiger partial charge in [0.1, 0.15) is 6.04 Å². The zero-order valence-electron chi connectivity index (χ0n) is 12.6. The van der Waals surface area contributed by atoms with Gasteiger partial charge in [0.05, 0.1) is 5.69 Å². The van der Waals surface area contributed by atoms with Crippen LogP contribution < -0.4 is 21.5 Å². The highest BCUT2D eigenvalue weighted by Gasteiger charge is 2.32. The number of thiocarbonyl (C=S) groups is 1. The van der Waals surface area contributed by atoms with Crippen LogP contribution in [0.3, 0.4) is 0 Å². The highest BCUT2D eigenvalue weighted by molar-refractivity contribution is 7.80. The molecule has 116 valence electrons. The average Bonchev–Trinajstić information content (AvgIpc) is 2.42. The summed E-state index contributed by atoms with van der Waals surface area (Å²) < 4.78 is 0. The van der Waals surface area contributed by atoms with Crippen molar-refractivity contribution >= 4 is 40.5 Å². The molecule has 0 aliphatic heterocycles. The molecule has 5 nitrogen and oxygen atoms in total. The molecule has 0 fully saturated rings. The summed E-state index contributed by atoms with van der Waals surface area (Å²) in [6.07, 6.45) is 0. The van der Waals surface area contributed by atoms with Crippen LogP contribution in [0.1, 0.15) is 20.8 Å². The molecule has 7 heteroatoms. The van der Waals surface area contributed by atoms with Gasteiger partial charge in [-0.25, -0.2) is 5.84 Å². The third-order valence-electron chi connectivity index (χ3n) is 2.97. The lowest BCUT2D eigenvalue weighted by molar-refractivity contribution is -0.124. The molecule has 0 spiro atoms. The number of rotatable bonds is 3. The first-order chi connectivity index (χ1) is 9.66. The van der Waals surface area contributed by atoms with Crippen LogP contribution in [0.2, 0.25) is 5.02 Å². The highest BCUT2D eigenvalue weighted by atomic mass is 35.5. The monoisotopic (exact) mass is 328 g/mol. The maximum absolute atomic E-state index is 12.0.